The van der Waals surface area contributed by atoms with E-state index in [1.807, 2.05) is 0 Å². The molecule has 0 aliphatic carbocycles. The Balaban J connectivity index is 0.000000119. The number of ether oxygens (including phenoxy) is 6. The molecule has 8 bridgehead atoms. The number of fused-ring (bicyclic) bond motifs is 8. The molecule has 4 unspecified atom stereocenters. The predicted molar refractivity (Wildman–Crippen MR) is 179 cm³/mol. The van der Waals surface area contributed by atoms with E-state index in [4.69, 9.17) is 68.2 Å². The van der Waals surface area contributed by atoms with Gasteiger partial charge in [0.2, 0.25) is 33.7 Å². The third-order valence-corrected chi connectivity index (χ3v) is 10.6. The lowest BCUT2D eigenvalue weighted by Gasteiger charge is -2.45. The monoisotopic (exact) mass is 742 g/mol. The number of halogens is 3. The minimum Gasteiger partial charge on any atom is -0.378 e. The lowest BCUT2D eigenvalue weighted by atomic mass is 10.1. The van der Waals surface area contributed by atoms with Gasteiger partial charge in [-0.05, 0) is 60.5 Å². The van der Waals surface area contributed by atoms with Gasteiger partial charge in [-0.25, -0.2) is 0 Å². The zero-order chi connectivity index (χ0) is 33.3. The molecule has 0 saturated carbocycles. The van der Waals surface area contributed by atoms with Crippen LogP contribution in [0.5, 0.6) is 0 Å². The van der Waals surface area contributed by atoms with Crippen LogP contribution in [0.2, 0.25) is 15.9 Å². The standard InChI is InChI=1S/C15H20ClN5O3.C9H10Cl2N4O.C6H11NO2/c16-13-17-14(20-9-1-2-10(20)4-22-3-9)19-15(18-13)21-11-5-23-7-12(21)8-24-6-11;10-7-12-8(11)14-9(13-7)15-5-1-2-6(15)4-16-3-5;1-5-2-9-4-6(7-5)3-8-1/h9-12H,1-8H2;5-6H,1-4H2;5-7H,1-4H2. The van der Waals surface area contributed by atoms with Crippen molar-refractivity contribution in [2.75, 3.05) is 94.0 Å². The fourth-order valence-electron chi connectivity index (χ4n) is 7.95. The molecule has 0 radical (unpaired) electrons. The molecule has 0 amide bonds. The fourth-order valence-corrected chi connectivity index (χ4v) is 8.46. The summed E-state index contributed by atoms with van der Waals surface area (Å²) in [6.45, 7) is 8.65. The highest BCUT2D eigenvalue weighted by molar-refractivity contribution is 6.31. The minimum atomic E-state index is 0.130. The maximum Gasteiger partial charge on any atom is 0.232 e. The van der Waals surface area contributed by atoms with Crippen LogP contribution in [0.15, 0.2) is 0 Å². The van der Waals surface area contributed by atoms with Crippen molar-refractivity contribution in [3.8, 4) is 0 Å². The summed E-state index contributed by atoms with van der Waals surface area (Å²) in [5, 5.41) is 3.92. The molecule has 16 nitrogen and oxygen atoms in total. The summed E-state index contributed by atoms with van der Waals surface area (Å²) in [7, 11) is 0. The van der Waals surface area contributed by atoms with Crippen LogP contribution in [-0.2, 0) is 28.4 Å². The molecular formula is C30H41Cl3N10O6. The second-order valence-corrected chi connectivity index (χ2v) is 14.5. The van der Waals surface area contributed by atoms with Crippen molar-refractivity contribution in [3.05, 3.63) is 15.9 Å². The number of nitrogens with zero attached hydrogens (tertiary/aromatic N) is 9. The molecule has 8 aliphatic heterocycles. The van der Waals surface area contributed by atoms with E-state index in [0.29, 0.717) is 80.5 Å². The molecule has 19 heteroatoms. The molecule has 2 aromatic heterocycles. The van der Waals surface area contributed by atoms with E-state index in [1.54, 1.807) is 0 Å². The van der Waals surface area contributed by atoms with E-state index >= 15 is 0 Å². The van der Waals surface area contributed by atoms with Gasteiger partial charge in [0.05, 0.1) is 128 Å². The van der Waals surface area contributed by atoms with Crippen LogP contribution in [0.4, 0.5) is 17.8 Å². The van der Waals surface area contributed by atoms with Crippen LogP contribution in [-0.4, -0.2) is 158 Å². The van der Waals surface area contributed by atoms with Crippen LogP contribution in [0, 0.1) is 0 Å². The molecule has 0 aromatic carbocycles. The van der Waals surface area contributed by atoms with Crippen LogP contribution in [0.25, 0.3) is 0 Å². The molecule has 4 atom stereocenters. The smallest absolute Gasteiger partial charge is 0.232 e. The maximum absolute atomic E-state index is 6.25. The van der Waals surface area contributed by atoms with Crippen LogP contribution in [0.3, 0.4) is 0 Å². The quantitative estimate of drug-likeness (QED) is 0.482. The SMILES string of the molecule is C1OCC2COCC1N2.Clc1nc(Cl)nc(N2C3CCC2COC3)n1.Clc1nc(N2C3CCC2COC3)nc(N2C3COCC2COC3)n1. The topological polar surface area (TPSA) is 154 Å². The highest BCUT2D eigenvalue weighted by Gasteiger charge is 2.42. The zero-order valence-electron chi connectivity index (χ0n) is 27.0. The van der Waals surface area contributed by atoms with Crippen molar-refractivity contribution in [2.24, 2.45) is 0 Å². The first kappa shape index (κ1) is 34.1. The molecule has 49 heavy (non-hydrogen) atoms. The third-order valence-electron chi connectivity index (χ3n) is 10.1. The summed E-state index contributed by atoms with van der Waals surface area (Å²) in [6.07, 6.45) is 4.43. The summed E-state index contributed by atoms with van der Waals surface area (Å²) in [4.78, 5) is 32.2. The average molecular weight is 744 g/mol. The number of rotatable bonds is 3. The normalized spacial score (nSPS) is 34.5. The molecule has 1 N–H and O–H groups in total. The van der Waals surface area contributed by atoms with Crippen molar-refractivity contribution in [1.29, 1.82) is 0 Å². The number of nitrogens with one attached hydrogen (secondary N) is 1. The Kier molecular flexibility index (Phi) is 10.7. The Morgan fingerprint density at radius 1 is 0.388 bits per heavy atom. The van der Waals surface area contributed by atoms with Crippen molar-refractivity contribution < 1.29 is 28.4 Å². The first-order valence-electron chi connectivity index (χ1n) is 17.0. The van der Waals surface area contributed by atoms with Gasteiger partial charge in [0.15, 0.2) is 0 Å². The second-order valence-electron chi connectivity index (χ2n) is 13.5. The predicted octanol–water partition coefficient (Wildman–Crippen LogP) is 1.42. The van der Waals surface area contributed by atoms with Crippen LogP contribution < -0.4 is 20.0 Å². The molecule has 268 valence electrons. The molecule has 8 aliphatic rings. The first-order valence-corrected chi connectivity index (χ1v) is 18.2. The Morgan fingerprint density at radius 2 is 0.673 bits per heavy atom. The Labute approximate surface area is 299 Å². The molecule has 8 saturated heterocycles. The van der Waals surface area contributed by atoms with E-state index < -0.39 is 0 Å². The van der Waals surface area contributed by atoms with Gasteiger partial charge < -0.3 is 48.4 Å². The zero-order valence-corrected chi connectivity index (χ0v) is 29.3. The highest BCUT2D eigenvalue weighted by Crippen LogP contribution is 2.35. The Morgan fingerprint density at radius 3 is 1.04 bits per heavy atom. The molecular weight excluding hydrogens is 703 g/mol. The number of hydrogen-bond donors (Lipinski definition) is 1. The van der Waals surface area contributed by atoms with Gasteiger partial charge in [-0.1, -0.05) is 0 Å². The van der Waals surface area contributed by atoms with Gasteiger partial charge in [0.25, 0.3) is 0 Å². The van der Waals surface area contributed by atoms with E-state index in [2.05, 4.69) is 44.9 Å². The maximum atomic E-state index is 6.25. The summed E-state index contributed by atoms with van der Waals surface area (Å²) < 4.78 is 33.0. The van der Waals surface area contributed by atoms with Crippen molar-refractivity contribution in [2.45, 2.75) is 74.0 Å². The van der Waals surface area contributed by atoms with E-state index in [1.165, 1.54) is 0 Å². The Hall–Kier alpha value is -1.99. The third kappa shape index (κ3) is 7.64. The fraction of sp³-hybridized carbons (Fsp3) is 0.800. The summed E-state index contributed by atoms with van der Waals surface area (Å²) in [5.74, 6) is 1.88. The van der Waals surface area contributed by atoms with E-state index in [-0.39, 0.29) is 27.9 Å². The lowest BCUT2D eigenvalue weighted by molar-refractivity contribution is -0.0556. The first-order chi connectivity index (χ1) is 24.0. The largest absolute Gasteiger partial charge is 0.378 e. The van der Waals surface area contributed by atoms with E-state index in [9.17, 15) is 0 Å². The van der Waals surface area contributed by atoms with Crippen molar-refractivity contribution in [3.63, 3.8) is 0 Å². The summed E-state index contributed by atoms with van der Waals surface area (Å²) in [6, 6.07) is 2.53. The average Bonchev–Trinajstić information content (AvgIpc) is 3.49. The molecule has 2 aromatic rings. The lowest BCUT2D eigenvalue weighted by Crippen LogP contribution is -2.60. The second kappa shape index (κ2) is 15.3. The van der Waals surface area contributed by atoms with Gasteiger partial charge in [-0.2, -0.15) is 29.9 Å². The van der Waals surface area contributed by atoms with Crippen molar-refractivity contribution >= 4 is 52.6 Å². The molecule has 8 fully saturated rings. The highest BCUT2D eigenvalue weighted by atomic mass is 35.5. The summed E-state index contributed by atoms with van der Waals surface area (Å²) in [5.41, 5.74) is 0. The Bertz CT molecular complexity index is 1360. The van der Waals surface area contributed by atoms with Crippen molar-refractivity contribution in [1.82, 2.24) is 35.2 Å². The van der Waals surface area contributed by atoms with Gasteiger partial charge >= 0.3 is 0 Å². The minimum absolute atomic E-state index is 0.130. The van der Waals surface area contributed by atoms with Crippen LogP contribution >= 0.6 is 34.8 Å². The number of hydrogen-bond acceptors (Lipinski definition) is 16. The number of aromatic nitrogens is 6. The van der Waals surface area contributed by atoms with Crippen LogP contribution in [0.1, 0.15) is 25.7 Å². The van der Waals surface area contributed by atoms with Gasteiger partial charge in [-0.3, -0.25) is 0 Å². The molecule has 10 rings (SSSR count). The molecule has 10 heterocycles. The van der Waals surface area contributed by atoms with Gasteiger partial charge in [0, 0.05) is 0 Å². The summed E-state index contributed by atoms with van der Waals surface area (Å²) >= 11 is 17.8. The van der Waals surface area contributed by atoms with Gasteiger partial charge in [-0.15, -0.1) is 0 Å². The molecule has 0 spiro atoms. The number of anilines is 3. The van der Waals surface area contributed by atoms with Gasteiger partial charge in [0.1, 0.15) is 0 Å². The van der Waals surface area contributed by atoms with E-state index in [0.717, 1.165) is 78.5 Å². The number of morpholine rings is 6.